The van der Waals surface area contributed by atoms with Crippen molar-refractivity contribution < 1.29 is 9.53 Å². The van der Waals surface area contributed by atoms with E-state index < -0.39 is 0 Å². The van der Waals surface area contributed by atoms with Gasteiger partial charge in [0.25, 0.3) is 0 Å². The van der Waals surface area contributed by atoms with Gasteiger partial charge in [-0.05, 0) is 47.9 Å². The lowest BCUT2D eigenvalue weighted by molar-refractivity contribution is 0.0600. The Balaban J connectivity index is 2.41. The maximum absolute atomic E-state index is 11.4. The fraction of sp³-hybridized carbons (Fsp3) is 0.133. The van der Waals surface area contributed by atoms with Crippen molar-refractivity contribution in [2.45, 2.75) is 6.92 Å². The van der Waals surface area contributed by atoms with E-state index >= 15 is 0 Å². The van der Waals surface area contributed by atoms with E-state index in [1.165, 1.54) is 7.11 Å². The normalized spacial score (nSPS) is 10.1. The molecule has 0 amide bonds. The van der Waals surface area contributed by atoms with Gasteiger partial charge in [0.15, 0.2) is 0 Å². The van der Waals surface area contributed by atoms with Crippen LogP contribution < -0.4 is 5.73 Å². The molecule has 2 N–H and O–H groups in total. The summed E-state index contributed by atoms with van der Waals surface area (Å²) in [6.45, 7) is 1.97. The van der Waals surface area contributed by atoms with Crippen molar-refractivity contribution >= 4 is 11.7 Å². The Hall–Kier alpha value is -2.29. The van der Waals surface area contributed by atoms with Gasteiger partial charge in [0.2, 0.25) is 0 Å². The van der Waals surface area contributed by atoms with Crippen LogP contribution in [0.1, 0.15) is 15.9 Å². The topological polar surface area (TPSA) is 52.3 Å². The number of ether oxygens (including phenoxy) is 1. The van der Waals surface area contributed by atoms with Crippen molar-refractivity contribution in [3.05, 3.63) is 53.6 Å². The van der Waals surface area contributed by atoms with E-state index in [1.807, 2.05) is 43.3 Å². The second kappa shape index (κ2) is 4.92. The Labute approximate surface area is 106 Å². The zero-order chi connectivity index (χ0) is 13.1. The molecule has 92 valence electrons. The van der Waals surface area contributed by atoms with Crippen LogP contribution in [0.5, 0.6) is 0 Å². The first-order valence-corrected chi connectivity index (χ1v) is 5.66. The van der Waals surface area contributed by atoms with Crippen molar-refractivity contribution in [2.75, 3.05) is 12.8 Å². The molecule has 0 spiro atoms. The monoisotopic (exact) mass is 241 g/mol. The molecule has 3 heteroatoms. The molecule has 18 heavy (non-hydrogen) atoms. The highest BCUT2D eigenvalue weighted by molar-refractivity contribution is 5.90. The summed E-state index contributed by atoms with van der Waals surface area (Å²) < 4.78 is 4.70. The number of nitrogens with two attached hydrogens (primary N) is 1. The number of rotatable bonds is 2. The molecule has 0 atom stereocenters. The minimum Gasteiger partial charge on any atom is -0.465 e. The molecule has 2 rings (SSSR count). The lowest BCUT2D eigenvalue weighted by Gasteiger charge is -2.08. The van der Waals surface area contributed by atoms with E-state index in [4.69, 9.17) is 10.5 Å². The van der Waals surface area contributed by atoms with E-state index in [2.05, 4.69) is 0 Å². The molecule has 2 aromatic carbocycles. The fourth-order valence-corrected chi connectivity index (χ4v) is 1.90. The third-order valence-electron chi connectivity index (χ3n) is 2.87. The molecular weight excluding hydrogens is 226 g/mol. The van der Waals surface area contributed by atoms with Gasteiger partial charge in [0.1, 0.15) is 0 Å². The zero-order valence-corrected chi connectivity index (χ0v) is 10.4. The third kappa shape index (κ3) is 2.35. The van der Waals surface area contributed by atoms with Crippen LogP contribution in [0.4, 0.5) is 5.69 Å². The van der Waals surface area contributed by atoms with Crippen LogP contribution in [0.25, 0.3) is 11.1 Å². The van der Waals surface area contributed by atoms with Gasteiger partial charge in [-0.25, -0.2) is 4.79 Å². The first-order chi connectivity index (χ1) is 8.61. The molecular formula is C15H15NO2. The van der Waals surface area contributed by atoms with Gasteiger partial charge in [-0.1, -0.05) is 18.2 Å². The number of hydrogen-bond acceptors (Lipinski definition) is 3. The van der Waals surface area contributed by atoms with Crippen molar-refractivity contribution in [3.63, 3.8) is 0 Å². The van der Waals surface area contributed by atoms with E-state index in [-0.39, 0.29) is 5.97 Å². The SMILES string of the molecule is COC(=O)c1ccc(-c2ccc(N)cc2)c(C)c1. The highest BCUT2D eigenvalue weighted by Crippen LogP contribution is 2.25. The number of benzene rings is 2. The maximum Gasteiger partial charge on any atom is 0.337 e. The molecule has 0 aromatic heterocycles. The molecule has 0 fully saturated rings. The standard InChI is InChI=1S/C15H15NO2/c1-10-9-12(15(17)18-2)5-8-14(10)11-3-6-13(16)7-4-11/h3-9H,16H2,1-2H3. The summed E-state index contributed by atoms with van der Waals surface area (Å²) in [6.07, 6.45) is 0. The molecule has 2 aromatic rings. The molecule has 0 heterocycles. The first-order valence-electron chi connectivity index (χ1n) is 5.66. The molecule has 0 aliphatic carbocycles. The number of carbonyl (C=O) groups excluding carboxylic acids is 1. The van der Waals surface area contributed by atoms with E-state index in [9.17, 15) is 4.79 Å². The number of methoxy groups -OCH3 is 1. The van der Waals surface area contributed by atoms with Gasteiger partial charge in [0, 0.05) is 5.69 Å². The fourth-order valence-electron chi connectivity index (χ4n) is 1.90. The smallest absolute Gasteiger partial charge is 0.337 e. The van der Waals surface area contributed by atoms with Crippen LogP contribution in [0.15, 0.2) is 42.5 Å². The van der Waals surface area contributed by atoms with Crippen LogP contribution in [0, 0.1) is 6.92 Å². The van der Waals surface area contributed by atoms with Crippen LogP contribution in [-0.2, 0) is 4.74 Å². The summed E-state index contributed by atoms with van der Waals surface area (Å²) in [7, 11) is 1.38. The lowest BCUT2D eigenvalue weighted by atomic mass is 9.98. The highest BCUT2D eigenvalue weighted by atomic mass is 16.5. The largest absolute Gasteiger partial charge is 0.465 e. The van der Waals surface area contributed by atoms with Gasteiger partial charge in [-0.15, -0.1) is 0 Å². The molecule has 0 aliphatic heterocycles. The summed E-state index contributed by atoms with van der Waals surface area (Å²) >= 11 is 0. The molecule has 0 unspecified atom stereocenters. The first kappa shape index (κ1) is 12.2. The highest BCUT2D eigenvalue weighted by Gasteiger charge is 2.08. The number of anilines is 1. The molecule has 0 saturated carbocycles. The molecule has 3 nitrogen and oxygen atoms in total. The molecule has 0 bridgehead atoms. The van der Waals surface area contributed by atoms with Gasteiger partial charge in [0.05, 0.1) is 12.7 Å². The number of hydrogen-bond donors (Lipinski definition) is 1. The summed E-state index contributed by atoms with van der Waals surface area (Å²) in [5, 5.41) is 0. The summed E-state index contributed by atoms with van der Waals surface area (Å²) in [5.41, 5.74) is 10.2. The van der Waals surface area contributed by atoms with Crippen LogP contribution >= 0.6 is 0 Å². The third-order valence-corrected chi connectivity index (χ3v) is 2.87. The van der Waals surface area contributed by atoms with Gasteiger partial charge in [-0.3, -0.25) is 0 Å². The Morgan fingerprint density at radius 3 is 2.33 bits per heavy atom. The average Bonchev–Trinajstić information content (AvgIpc) is 2.39. The average molecular weight is 241 g/mol. The number of nitrogen functional groups attached to an aromatic ring is 1. The van der Waals surface area contributed by atoms with Crippen molar-refractivity contribution in [1.82, 2.24) is 0 Å². The van der Waals surface area contributed by atoms with Crippen LogP contribution in [0.3, 0.4) is 0 Å². The molecule has 0 saturated heterocycles. The van der Waals surface area contributed by atoms with Crippen molar-refractivity contribution in [1.29, 1.82) is 0 Å². The number of carbonyl (C=O) groups is 1. The van der Waals surface area contributed by atoms with Gasteiger partial charge in [-0.2, -0.15) is 0 Å². The maximum atomic E-state index is 11.4. The quantitative estimate of drug-likeness (QED) is 0.649. The molecule has 0 radical (unpaired) electrons. The minimum absolute atomic E-state index is 0.318. The van der Waals surface area contributed by atoms with Gasteiger partial charge < -0.3 is 10.5 Å². The Kier molecular flexibility index (Phi) is 3.33. The number of esters is 1. The zero-order valence-electron chi connectivity index (χ0n) is 10.4. The minimum atomic E-state index is -0.318. The van der Waals surface area contributed by atoms with Crippen molar-refractivity contribution in [3.8, 4) is 11.1 Å². The predicted octanol–water partition coefficient (Wildman–Crippen LogP) is 3.03. The summed E-state index contributed by atoms with van der Waals surface area (Å²) in [4.78, 5) is 11.4. The van der Waals surface area contributed by atoms with Crippen LogP contribution in [0.2, 0.25) is 0 Å². The Bertz CT molecular complexity index is 574. The van der Waals surface area contributed by atoms with Crippen LogP contribution in [-0.4, -0.2) is 13.1 Å². The summed E-state index contributed by atoms with van der Waals surface area (Å²) in [5.74, 6) is -0.318. The Morgan fingerprint density at radius 2 is 1.78 bits per heavy atom. The lowest BCUT2D eigenvalue weighted by Crippen LogP contribution is -2.01. The predicted molar refractivity (Wildman–Crippen MR) is 72.4 cm³/mol. The van der Waals surface area contributed by atoms with E-state index in [1.54, 1.807) is 6.07 Å². The van der Waals surface area contributed by atoms with E-state index in [0.29, 0.717) is 5.56 Å². The number of aryl methyl sites for hydroxylation is 1. The Morgan fingerprint density at radius 1 is 1.11 bits per heavy atom. The second-order valence-corrected chi connectivity index (χ2v) is 4.14. The summed E-state index contributed by atoms with van der Waals surface area (Å²) in [6, 6.07) is 13.2. The van der Waals surface area contributed by atoms with E-state index in [0.717, 1.165) is 22.4 Å². The van der Waals surface area contributed by atoms with Gasteiger partial charge >= 0.3 is 5.97 Å². The van der Waals surface area contributed by atoms with Crippen molar-refractivity contribution in [2.24, 2.45) is 0 Å². The molecule has 0 aliphatic rings. The second-order valence-electron chi connectivity index (χ2n) is 4.14.